The predicted octanol–water partition coefficient (Wildman–Crippen LogP) is 2.21. The second kappa shape index (κ2) is 8.19. The van der Waals surface area contributed by atoms with E-state index in [9.17, 15) is 4.79 Å². The smallest absolute Gasteiger partial charge is 0.225 e. The van der Waals surface area contributed by atoms with Crippen molar-refractivity contribution in [3.8, 4) is 0 Å². The molecule has 160 valence electrons. The Morgan fingerprint density at radius 1 is 1.03 bits per heavy atom. The minimum Gasteiger partial charge on any atom is -0.338 e. The number of hydrogen-bond acceptors (Lipinski definition) is 7. The summed E-state index contributed by atoms with van der Waals surface area (Å²) in [5, 5.41) is 1.07. The van der Waals surface area contributed by atoms with Gasteiger partial charge in [-0.15, -0.1) is 0 Å². The van der Waals surface area contributed by atoms with Gasteiger partial charge in [-0.3, -0.25) is 9.69 Å². The molecule has 2 aliphatic heterocycles. The third-order valence-corrected chi connectivity index (χ3v) is 6.42. The third-order valence-electron chi connectivity index (χ3n) is 6.42. The largest absolute Gasteiger partial charge is 0.338 e. The number of pyridine rings is 2. The summed E-state index contributed by atoms with van der Waals surface area (Å²) in [6.07, 6.45) is 4.48. The van der Waals surface area contributed by atoms with Crippen LogP contribution in [0.5, 0.6) is 0 Å². The van der Waals surface area contributed by atoms with Gasteiger partial charge in [0.05, 0.1) is 11.4 Å². The quantitative estimate of drug-likeness (QED) is 0.646. The molecule has 5 rings (SSSR count). The maximum Gasteiger partial charge on any atom is 0.225 e. The lowest BCUT2D eigenvalue weighted by Gasteiger charge is -2.38. The number of fused-ring (bicyclic) bond motifs is 2. The molecule has 8 nitrogen and oxygen atoms in total. The highest BCUT2D eigenvalue weighted by molar-refractivity contribution is 5.74. The number of carbonyl (C=O) groups excluding carboxylic acids is 1. The highest BCUT2D eigenvalue weighted by atomic mass is 16.2. The van der Waals surface area contributed by atoms with E-state index in [4.69, 9.17) is 9.97 Å². The van der Waals surface area contributed by atoms with Crippen molar-refractivity contribution in [2.45, 2.75) is 32.9 Å². The second-order valence-electron chi connectivity index (χ2n) is 8.32. The molecule has 0 aromatic carbocycles. The lowest BCUT2D eigenvalue weighted by atomic mass is 10.1. The molecule has 1 amide bonds. The fourth-order valence-corrected chi connectivity index (χ4v) is 4.42. The molecule has 8 heteroatoms. The molecule has 0 saturated carbocycles. The van der Waals surface area contributed by atoms with Gasteiger partial charge in [-0.25, -0.2) is 19.9 Å². The summed E-state index contributed by atoms with van der Waals surface area (Å²) in [4.78, 5) is 36.8. The van der Waals surface area contributed by atoms with Crippen LogP contribution in [0.1, 0.15) is 36.8 Å². The maximum atomic E-state index is 11.6. The van der Waals surface area contributed by atoms with Crippen LogP contribution < -0.4 is 4.90 Å². The van der Waals surface area contributed by atoms with Crippen LogP contribution in [-0.2, 0) is 17.8 Å². The summed E-state index contributed by atoms with van der Waals surface area (Å²) in [6.45, 7) is 8.81. The number of piperazine rings is 1. The topological polar surface area (TPSA) is 78.4 Å². The van der Waals surface area contributed by atoms with E-state index < -0.39 is 0 Å². The fraction of sp³-hybridized carbons (Fsp3) is 0.435. The van der Waals surface area contributed by atoms with Crippen molar-refractivity contribution in [1.29, 1.82) is 0 Å². The molecule has 0 aliphatic carbocycles. The summed E-state index contributed by atoms with van der Waals surface area (Å²) in [5.41, 5.74) is 4.00. The van der Waals surface area contributed by atoms with E-state index in [0.717, 1.165) is 73.1 Å². The second-order valence-corrected chi connectivity index (χ2v) is 8.32. The zero-order valence-corrected chi connectivity index (χ0v) is 18.0. The van der Waals surface area contributed by atoms with Crippen LogP contribution in [0.4, 0.5) is 5.95 Å². The number of aromatic nitrogens is 4. The minimum absolute atomic E-state index is 0.108. The molecule has 0 bridgehead atoms. The van der Waals surface area contributed by atoms with Crippen molar-refractivity contribution in [3.63, 3.8) is 0 Å². The number of hydrogen-bond donors (Lipinski definition) is 0. The van der Waals surface area contributed by atoms with Crippen LogP contribution in [0.15, 0.2) is 36.7 Å². The van der Waals surface area contributed by atoms with E-state index in [1.165, 1.54) is 0 Å². The normalized spacial score (nSPS) is 18.1. The van der Waals surface area contributed by atoms with E-state index in [2.05, 4.69) is 38.8 Å². The van der Waals surface area contributed by atoms with E-state index in [-0.39, 0.29) is 11.9 Å². The lowest BCUT2D eigenvalue weighted by Crippen LogP contribution is -2.48. The monoisotopic (exact) mass is 417 g/mol. The van der Waals surface area contributed by atoms with Crippen molar-refractivity contribution in [2.24, 2.45) is 0 Å². The Morgan fingerprint density at radius 3 is 2.68 bits per heavy atom. The van der Waals surface area contributed by atoms with Gasteiger partial charge < -0.3 is 9.80 Å². The number of nitrogens with zero attached hydrogens (tertiary/aromatic N) is 7. The molecule has 1 fully saturated rings. The van der Waals surface area contributed by atoms with Gasteiger partial charge in [-0.2, -0.15) is 0 Å². The molecular weight excluding hydrogens is 390 g/mol. The van der Waals surface area contributed by atoms with Gasteiger partial charge in [0.2, 0.25) is 11.9 Å². The number of carbonyl (C=O) groups is 1. The van der Waals surface area contributed by atoms with Crippen LogP contribution in [0, 0.1) is 0 Å². The van der Waals surface area contributed by atoms with Gasteiger partial charge in [-0.1, -0.05) is 0 Å². The number of amides is 1. The molecule has 1 unspecified atom stereocenters. The average Bonchev–Trinajstić information content (AvgIpc) is 2.82. The molecule has 0 spiro atoms. The first-order valence-electron chi connectivity index (χ1n) is 10.9. The Bertz CT molecular complexity index is 1110. The van der Waals surface area contributed by atoms with Crippen molar-refractivity contribution in [1.82, 2.24) is 29.7 Å². The first-order chi connectivity index (χ1) is 15.1. The highest BCUT2D eigenvalue weighted by Gasteiger charge is 2.26. The van der Waals surface area contributed by atoms with Gasteiger partial charge in [0.15, 0.2) is 5.65 Å². The summed E-state index contributed by atoms with van der Waals surface area (Å²) in [5.74, 6) is 0.909. The third kappa shape index (κ3) is 3.95. The zero-order chi connectivity index (χ0) is 21.4. The van der Waals surface area contributed by atoms with E-state index in [0.29, 0.717) is 6.54 Å². The highest BCUT2D eigenvalue weighted by Crippen LogP contribution is 2.24. The van der Waals surface area contributed by atoms with Crippen LogP contribution in [-0.4, -0.2) is 68.4 Å². The van der Waals surface area contributed by atoms with Gasteiger partial charge in [0, 0.05) is 82.0 Å². The van der Waals surface area contributed by atoms with Crippen molar-refractivity contribution in [3.05, 3.63) is 53.6 Å². The molecule has 1 saturated heterocycles. The molecule has 0 N–H and O–H groups in total. The van der Waals surface area contributed by atoms with Crippen LogP contribution in [0.2, 0.25) is 0 Å². The van der Waals surface area contributed by atoms with E-state index in [1.54, 1.807) is 13.1 Å². The Hall–Kier alpha value is -3.13. The fourth-order valence-electron chi connectivity index (χ4n) is 4.42. The average molecular weight is 418 g/mol. The van der Waals surface area contributed by atoms with E-state index >= 15 is 0 Å². The van der Waals surface area contributed by atoms with Gasteiger partial charge in [0.25, 0.3) is 0 Å². The maximum absolute atomic E-state index is 11.6. The summed E-state index contributed by atoms with van der Waals surface area (Å²) < 4.78 is 0. The Labute approximate surface area is 181 Å². The van der Waals surface area contributed by atoms with E-state index in [1.807, 2.05) is 23.2 Å². The van der Waals surface area contributed by atoms with Crippen molar-refractivity contribution < 1.29 is 4.79 Å². The zero-order valence-electron chi connectivity index (χ0n) is 18.0. The minimum atomic E-state index is 0.108. The predicted molar refractivity (Wildman–Crippen MR) is 119 cm³/mol. The summed E-state index contributed by atoms with van der Waals surface area (Å²) in [7, 11) is 0. The molecule has 0 radical (unpaired) electrons. The van der Waals surface area contributed by atoms with Crippen LogP contribution in [0.25, 0.3) is 11.0 Å². The first-order valence-corrected chi connectivity index (χ1v) is 10.9. The van der Waals surface area contributed by atoms with Gasteiger partial charge in [-0.05, 0) is 31.2 Å². The number of anilines is 1. The van der Waals surface area contributed by atoms with Crippen LogP contribution in [0.3, 0.4) is 0 Å². The molecule has 3 aromatic heterocycles. The van der Waals surface area contributed by atoms with Crippen LogP contribution >= 0.6 is 0 Å². The summed E-state index contributed by atoms with van der Waals surface area (Å²) >= 11 is 0. The number of rotatable bonds is 3. The Kier molecular flexibility index (Phi) is 5.23. The standard InChI is InChI=1S/C23H27N7O/c1-16(20-6-5-18-4-3-8-24-22(18)26-20)28-10-12-29(13-11-28)23-25-14-19-15-30(17(2)31)9-7-21(19)27-23/h3-6,8,14,16H,7,9-13,15H2,1-2H3. The molecule has 3 aromatic rings. The molecule has 5 heterocycles. The SMILES string of the molecule is CC(=O)N1CCc2nc(N3CCN(C(C)c4ccc5cccnc5n4)CC3)ncc2C1. The summed E-state index contributed by atoms with van der Waals surface area (Å²) in [6, 6.07) is 8.42. The van der Waals surface area contributed by atoms with Gasteiger partial charge in [0.1, 0.15) is 0 Å². The Balaban J connectivity index is 1.24. The molecule has 31 heavy (non-hydrogen) atoms. The molecule has 2 aliphatic rings. The van der Waals surface area contributed by atoms with Crippen molar-refractivity contribution in [2.75, 3.05) is 37.6 Å². The molecule has 1 atom stereocenters. The van der Waals surface area contributed by atoms with Crippen molar-refractivity contribution >= 4 is 22.9 Å². The first kappa shape index (κ1) is 19.8. The lowest BCUT2D eigenvalue weighted by molar-refractivity contribution is -0.129. The molecular formula is C23H27N7O. The Morgan fingerprint density at radius 2 is 1.87 bits per heavy atom. The van der Waals surface area contributed by atoms with Gasteiger partial charge >= 0.3 is 0 Å².